The number of non-ortho nitro benzene ring substituents is 1. The van der Waals surface area contributed by atoms with Crippen LogP contribution in [0.25, 0.3) is 0 Å². The number of benzene rings is 2. The van der Waals surface area contributed by atoms with E-state index in [-0.39, 0.29) is 17.3 Å². The molecular weight excluding hydrogens is 371 g/mol. The van der Waals surface area contributed by atoms with Crippen LogP contribution in [0.4, 0.5) is 5.69 Å². The lowest BCUT2D eigenvalue weighted by Crippen LogP contribution is -2.27. The van der Waals surface area contributed by atoms with Crippen LogP contribution in [0.2, 0.25) is 10.0 Å². The molecule has 8 heteroatoms. The number of carbonyl (C=O) groups is 1. The number of carbonyl (C=O) groups excluding carboxylic acids is 1. The number of nitro groups is 1. The highest BCUT2D eigenvalue weighted by molar-refractivity contribution is 8.00. The molecule has 2 aromatic rings. The molecule has 126 valence electrons. The predicted molar refractivity (Wildman–Crippen MR) is 97.0 cm³/mol. The van der Waals surface area contributed by atoms with Gasteiger partial charge in [0.1, 0.15) is 0 Å². The van der Waals surface area contributed by atoms with Crippen molar-refractivity contribution in [1.82, 2.24) is 5.32 Å². The Labute approximate surface area is 153 Å². The van der Waals surface area contributed by atoms with Gasteiger partial charge in [-0.2, -0.15) is 0 Å². The van der Waals surface area contributed by atoms with E-state index in [2.05, 4.69) is 5.32 Å². The summed E-state index contributed by atoms with van der Waals surface area (Å²) in [6, 6.07) is 11.4. The fourth-order valence-electron chi connectivity index (χ4n) is 1.97. The van der Waals surface area contributed by atoms with E-state index in [1.807, 2.05) is 12.1 Å². The first kappa shape index (κ1) is 18.6. The zero-order valence-corrected chi connectivity index (χ0v) is 14.8. The number of nitrogens with zero attached hydrogens (tertiary/aromatic N) is 1. The summed E-state index contributed by atoms with van der Waals surface area (Å²) in [5.74, 6) is 0.139. The van der Waals surface area contributed by atoms with Crippen LogP contribution in [0.1, 0.15) is 5.56 Å². The number of rotatable bonds is 7. The molecule has 24 heavy (non-hydrogen) atoms. The van der Waals surface area contributed by atoms with Gasteiger partial charge in [-0.3, -0.25) is 14.9 Å². The van der Waals surface area contributed by atoms with Crippen LogP contribution < -0.4 is 5.32 Å². The summed E-state index contributed by atoms with van der Waals surface area (Å²) in [6.45, 7) is 0.482. The standard InChI is InChI=1S/C16H14Cl2N2O3S/c17-12-7-11(8-13(18)9-12)5-6-19-16(21)10-24-15-3-1-14(2-4-15)20(22)23/h1-4,7-9H,5-6,10H2,(H,19,21). The average Bonchev–Trinajstić information content (AvgIpc) is 2.52. The Morgan fingerprint density at radius 1 is 1.12 bits per heavy atom. The van der Waals surface area contributed by atoms with Crippen molar-refractivity contribution in [1.29, 1.82) is 0 Å². The Kier molecular flexibility index (Phi) is 6.90. The maximum Gasteiger partial charge on any atom is 0.269 e. The lowest BCUT2D eigenvalue weighted by molar-refractivity contribution is -0.384. The van der Waals surface area contributed by atoms with Crippen LogP contribution >= 0.6 is 35.0 Å². The van der Waals surface area contributed by atoms with Gasteiger partial charge in [-0.05, 0) is 42.3 Å². The second-order valence-electron chi connectivity index (χ2n) is 4.92. The van der Waals surface area contributed by atoms with Crippen molar-refractivity contribution in [3.8, 4) is 0 Å². The quantitative estimate of drug-likeness (QED) is 0.437. The molecule has 0 aliphatic heterocycles. The Balaban J connectivity index is 1.74. The van der Waals surface area contributed by atoms with Gasteiger partial charge in [-0.25, -0.2) is 0 Å². The molecule has 0 aliphatic rings. The highest BCUT2D eigenvalue weighted by Gasteiger charge is 2.06. The first-order valence-electron chi connectivity index (χ1n) is 7.03. The molecule has 0 aliphatic carbocycles. The number of hydrogen-bond acceptors (Lipinski definition) is 4. The number of halogens is 2. The van der Waals surface area contributed by atoms with Gasteiger partial charge in [0.15, 0.2) is 0 Å². The van der Waals surface area contributed by atoms with E-state index >= 15 is 0 Å². The van der Waals surface area contributed by atoms with E-state index in [0.29, 0.717) is 23.0 Å². The minimum Gasteiger partial charge on any atom is -0.355 e. The molecular formula is C16H14Cl2N2O3S. The van der Waals surface area contributed by atoms with Crippen LogP contribution in [0, 0.1) is 10.1 Å². The summed E-state index contributed by atoms with van der Waals surface area (Å²) < 4.78 is 0. The third kappa shape index (κ3) is 6.03. The van der Waals surface area contributed by atoms with Crippen molar-refractivity contribution < 1.29 is 9.72 Å². The van der Waals surface area contributed by atoms with Crippen molar-refractivity contribution in [3.05, 3.63) is 68.2 Å². The van der Waals surface area contributed by atoms with Crippen molar-refractivity contribution in [3.63, 3.8) is 0 Å². The summed E-state index contributed by atoms with van der Waals surface area (Å²) in [5.41, 5.74) is 0.986. The Hall–Kier alpha value is -1.76. The molecule has 0 bridgehead atoms. The lowest BCUT2D eigenvalue weighted by atomic mass is 10.1. The van der Waals surface area contributed by atoms with E-state index in [9.17, 15) is 14.9 Å². The van der Waals surface area contributed by atoms with Crippen LogP contribution in [0.5, 0.6) is 0 Å². The Bertz CT molecular complexity index is 718. The molecule has 0 aromatic heterocycles. The van der Waals surface area contributed by atoms with Gasteiger partial charge < -0.3 is 5.32 Å². The molecule has 0 saturated carbocycles. The second kappa shape index (κ2) is 8.92. The molecule has 5 nitrogen and oxygen atoms in total. The van der Waals surface area contributed by atoms with Gasteiger partial charge in [0, 0.05) is 33.6 Å². The highest BCUT2D eigenvalue weighted by atomic mass is 35.5. The second-order valence-corrected chi connectivity index (χ2v) is 6.84. The molecule has 0 saturated heterocycles. The van der Waals surface area contributed by atoms with Crippen LogP contribution in [-0.2, 0) is 11.2 Å². The van der Waals surface area contributed by atoms with E-state index in [1.165, 1.54) is 23.9 Å². The minimum absolute atomic E-state index is 0.0315. The highest BCUT2D eigenvalue weighted by Crippen LogP contribution is 2.21. The van der Waals surface area contributed by atoms with Crippen molar-refractivity contribution >= 4 is 46.6 Å². The monoisotopic (exact) mass is 384 g/mol. The normalized spacial score (nSPS) is 10.4. The molecule has 0 fully saturated rings. The molecule has 1 amide bonds. The average molecular weight is 385 g/mol. The topological polar surface area (TPSA) is 72.2 Å². The predicted octanol–water partition coefficient (Wildman–Crippen LogP) is 4.35. The zero-order valence-electron chi connectivity index (χ0n) is 12.5. The summed E-state index contributed by atoms with van der Waals surface area (Å²) in [7, 11) is 0. The van der Waals surface area contributed by atoms with E-state index < -0.39 is 4.92 Å². The zero-order chi connectivity index (χ0) is 17.5. The molecule has 0 atom stereocenters. The van der Waals surface area contributed by atoms with E-state index in [4.69, 9.17) is 23.2 Å². The largest absolute Gasteiger partial charge is 0.355 e. The third-order valence-corrected chi connectivity index (χ3v) is 4.52. The molecule has 2 rings (SSSR count). The van der Waals surface area contributed by atoms with Gasteiger partial charge in [-0.15, -0.1) is 11.8 Å². The lowest BCUT2D eigenvalue weighted by Gasteiger charge is -2.06. The molecule has 0 spiro atoms. The number of amides is 1. The smallest absolute Gasteiger partial charge is 0.269 e. The van der Waals surface area contributed by atoms with Gasteiger partial charge in [0.25, 0.3) is 5.69 Å². The first-order valence-corrected chi connectivity index (χ1v) is 8.77. The summed E-state index contributed by atoms with van der Waals surface area (Å²) in [6.07, 6.45) is 0.633. The number of nitrogens with one attached hydrogen (secondary N) is 1. The fourth-order valence-corrected chi connectivity index (χ4v) is 3.27. The molecule has 2 aromatic carbocycles. The molecule has 0 radical (unpaired) electrons. The molecule has 0 unspecified atom stereocenters. The van der Waals surface area contributed by atoms with Gasteiger partial charge in [-0.1, -0.05) is 23.2 Å². The van der Waals surface area contributed by atoms with Crippen LogP contribution in [0.3, 0.4) is 0 Å². The van der Waals surface area contributed by atoms with Crippen LogP contribution in [0.15, 0.2) is 47.4 Å². The molecule has 1 N–H and O–H groups in total. The van der Waals surface area contributed by atoms with E-state index in [0.717, 1.165) is 10.5 Å². The molecule has 0 heterocycles. The SMILES string of the molecule is O=C(CSc1ccc([N+](=O)[O-])cc1)NCCc1cc(Cl)cc(Cl)c1. The van der Waals surface area contributed by atoms with Crippen molar-refractivity contribution in [2.75, 3.05) is 12.3 Å². The number of thioether (sulfide) groups is 1. The first-order chi connectivity index (χ1) is 11.4. The third-order valence-electron chi connectivity index (χ3n) is 3.08. The number of nitro benzene ring substituents is 1. The van der Waals surface area contributed by atoms with Gasteiger partial charge in [0.2, 0.25) is 5.91 Å². The summed E-state index contributed by atoms with van der Waals surface area (Å²) in [4.78, 5) is 22.7. The van der Waals surface area contributed by atoms with Gasteiger partial charge >= 0.3 is 0 Å². The maximum absolute atomic E-state index is 11.8. The van der Waals surface area contributed by atoms with Crippen molar-refractivity contribution in [2.24, 2.45) is 0 Å². The number of hydrogen-bond donors (Lipinski definition) is 1. The summed E-state index contributed by atoms with van der Waals surface area (Å²) in [5, 5.41) is 14.5. The van der Waals surface area contributed by atoms with Crippen LogP contribution in [-0.4, -0.2) is 23.1 Å². The minimum atomic E-state index is -0.455. The van der Waals surface area contributed by atoms with Crippen molar-refractivity contribution in [2.45, 2.75) is 11.3 Å². The maximum atomic E-state index is 11.8. The Morgan fingerprint density at radius 3 is 2.33 bits per heavy atom. The van der Waals surface area contributed by atoms with E-state index in [1.54, 1.807) is 18.2 Å². The fraction of sp³-hybridized carbons (Fsp3) is 0.188. The van der Waals surface area contributed by atoms with Gasteiger partial charge in [0.05, 0.1) is 10.7 Å². The summed E-state index contributed by atoms with van der Waals surface area (Å²) >= 11 is 13.2. The Morgan fingerprint density at radius 2 is 1.75 bits per heavy atom.